The van der Waals surface area contributed by atoms with Crippen molar-refractivity contribution in [2.24, 2.45) is 0 Å². The zero-order valence-corrected chi connectivity index (χ0v) is 13.8. The first-order valence-electron chi connectivity index (χ1n) is 5.97. The van der Waals surface area contributed by atoms with Crippen LogP contribution in [0.1, 0.15) is 12.0 Å². The number of benzene rings is 1. The molecule has 0 fully saturated rings. The van der Waals surface area contributed by atoms with Crippen LogP contribution in [-0.2, 0) is 20.5 Å². The molecule has 1 aromatic carbocycles. The van der Waals surface area contributed by atoms with Gasteiger partial charge in [-0.1, -0.05) is 57.7 Å². The van der Waals surface area contributed by atoms with E-state index in [0.29, 0.717) is 16.5 Å². The van der Waals surface area contributed by atoms with E-state index in [0.717, 1.165) is 0 Å². The summed E-state index contributed by atoms with van der Waals surface area (Å²) < 4.78 is 31.7. The van der Waals surface area contributed by atoms with Gasteiger partial charge in [-0.15, -0.1) is 0 Å². The molecule has 0 unspecified atom stereocenters. The van der Waals surface area contributed by atoms with Crippen LogP contribution in [0.3, 0.4) is 0 Å². The lowest BCUT2D eigenvalue weighted by Gasteiger charge is -2.12. The zero-order valence-electron chi connectivity index (χ0n) is 10.7. The smallest absolute Gasteiger partial charge is 0.222 e. The first kappa shape index (κ1) is 16.7. The lowest BCUT2D eigenvalue weighted by Crippen LogP contribution is -2.39. The van der Waals surface area contributed by atoms with E-state index in [2.05, 4.69) is 5.10 Å². The van der Waals surface area contributed by atoms with Crippen LogP contribution < -0.4 is 4.68 Å². The lowest BCUT2D eigenvalue weighted by molar-refractivity contribution is -0.751. The highest BCUT2D eigenvalue weighted by Crippen LogP contribution is 2.40. The van der Waals surface area contributed by atoms with E-state index in [9.17, 15) is 13.0 Å². The van der Waals surface area contributed by atoms with Gasteiger partial charge in [-0.2, -0.15) is 0 Å². The zero-order chi connectivity index (χ0) is 15.7. The number of nitrogens with zero attached hydrogens (tertiary/aromatic N) is 2. The van der Waals surface area contributed by atoms with Crippen molar-refractivity contribution in [2.45, 2.75) is 16.8 Å². The highest BCUT2D eigenvalue weighted by Gasteiger charge is 2.29. The van der Waals surface area contributed by atoms with Crippen molar-refractivity contribution < 1.29 is 17.7 Å². The largest absolute Gasteiger partial charge is 0.748 e. The molecule has 0 bridgehead atoms. The highest BCUT2D eigenvalue weighted by atomic mass is 35.6. The summed E-state index contributed by atoms with van der Waals surface area (Å²) in [4.78, 5) is 0. The predicted molar refractivity (Wildman–Crippen MR) is 80.4 cm³/mol. The van der Waals surface area contributed by atoms with Crippen molar-refractivity contribution in [3.8, 4) is 0 Å². The van der Waals surface area contributed by atoms with Gasteiger partial charge in [-0.25, -0.2) is 8.42 Å². The van der Waals surface area contributed by atoms with Crippen LogP contribution >= 0.6 is 34.8 Å². The molecule has 5 nitrogen and oxygen atoms in total. The molecule has 0 N–H and O–H groups in total. The van der Waals surface area contributed by atoms with Gasteiger partial charge in [-0.3, -0.25) is 0 Å². The minimum Gasteiger partial charge on any atom is -0.748 e. The van der Waals surface area contributed by atoms with Gasteiger partial charge in [0.15, 0.2) is 6.54 Å². The molecule has 0 aliphatic heterocycles. The fourth-order valence-electron chi connectivity index (χ4n) is 1.92. The summed E-state index contributed by atoms with van der Waals surface area (Å²) >= 11 is 17.9. The maximum atomic E-state index is 10.6. The van der Waals surface area contributed by atoms with Crippen LogP contribution in [0.2, 0.25) is 0 Å². The Morgan fingerprint density at radius 2 is 1.90 bits per heavy atom. The molecule has 1 heterocycles. The van der Waals surface area contributed by atoms with E-state index in [1.807, 2.05) is 0 Å². The molecule has 0 aliphatic carbocycles. The Kier molecular flexibility index (Phi) is 4.95. The molecule has 1 aromatic heterocycles. The molecule has 9 heteroatoms. The topological polar surface area (TPSA) is 74.0 Å². The van der Waals surface area contributed by atoms with E-state index in [-0.39, 0.29) is 13.0 Å². The van der Waals surface area contributed by atoms with Crippen molar-refractivity contribution in [1.82, 2.24) is 5.10 Å². The third-order valence-corrected chi connectivity index (χ3v) is 4.19. The SMILES string of the molecule is O=S(=O)([O-])CCC[n+]1cc(C(Cl)(Cl)Cl)c2ccccc2n1. The Morgan fingerprint density at radius 3 is 2.52 bits per heavy atom. The maximum absolute atomic E-state index is 10.6. The first-order chi connectivity index (χ1) is 9.67. The molecule has 2 rings (SSSR count). The number of rotatable bonds is 4. The summed E-state index contributed by atoms with van der Waals surface area (Å²) in [6.45, 7) is 0.236. The van der Waals surface area contributed by atoms with Gasteiger partial charge >= 0.3 is 0 Å². The van der Waals surface area contributed by atoms with Crippen molar-refractivity contribution in [3.63, 3.8) is 0 Å². The van der Waals surface area contributed by atoms with Crippen LogP contribution in [0.15, 0.2) is 30.5 Å². The molecular formula is C12H11Cl3N2O3S. The van der Waals surface area contributed by atoms with Gasteiger partial charge in [0.25, 0.3) is 0 Å². The van der Waals surface area contributed by atoms with Gasteiger partial charge in [0.2, 0.25) is 9.99 Å². The Bertz CT molecular complexity index is 760. The average molecular weight is 370 g/mol. The molecule has 0 aliphatic rings. The summed E-state index contributed by atoms with van der Waals surface area (Å²) in [5.41, 5.74) is 1.06. The number of hydrogen-bond acceptors (Lipinski definition) is 4. The number of alkyl halides is 3. The average Bonchev–Trinajstić information content (AvgIpc) is 2.35. The normalized spacial score (nSPS) is 12.8. The molecule has 0 atom stereocenters. The third-order valence-electron chi connectivity index (χ3n) is 2.80. The van der Waals surface area contributed by atoms with Gasteiger partial charge in [-0.05, 0) is 6.07 Å². The molecule has 114 valence electrons. The molecule has 0 amide bonds. The molecule has 0 radical (unpaired) electrons. The van der Waals surface area contributed by atoms with E-state index in [4.69, 9.17) is 34.8 Å². The number of halogens is 3. The minimum absolute atomic E-state index is 0.140. The van der Waals surface area contributed by atoms with Crippen LogP contribution in [0.4, 0.5) is 0 Å². The number of fused-ring (bicyclic) bond motifs is 1. The van der Waals surface area contributed by atoms with Crippen LogP contribution in [0, 0.1) is 0 Å². The maximum Gasteiger partial charge on any atom is 0.222 e. The second kappa shape index (κ2) is 6.22. The quantitative estimate of drug-likeness (QED) is 0.471. The summed E-state index contributed by atoms with van der Waals surface area (Å²) in [6.07, 6.45) is 1.69. The van der Waals surface area contributed by atoms with E-state index in [1.54, 1.807) is 30.5 Å². The first-order valence-corrected chi connectivity index (χ1v) is 8.68. The molecule has 0 saturated heterocycles. The molecule has 0 saturated carbocycles. The van der Waals surface area contributed by atoms with E-state index >= 15 is 0 Å². The van der Waals surface area contributed by atoms with Gasteiger partial charge < -0.3 is 4.55 Å². The van der Waals surface area contributed by atoms with Gasteiger partial charge in [0.1, 0.15) is 5.52 Å². The van der Waals surface area contributed by atoms with E-state index < -0.39 is 19.7 Å². The Hall–Kier alpha value is -0.660. The fourth-order valence-corrected chi connectivity index (χ4v) is 2.85. The number of aromatic nitrogens is 2. The molecule has 2 aromatic rings. The second-order valence-corrected chi connectivity index (χ2v) is 8.24. The summed E-state index contributed by atoms with van der Waals surface area (Å²) in [5, 5.41) is 5.01. The highest BCUT2D eigenvalue weighted by molar-refractivity contribution is 7.85. The van der Waals surface area contributed by atoms with Crippen LogP contribution in [0.5, 0.6) is 0 Å². The van der Waals surface area contributed by atoms with Gasteiger partial charge in [0, 0.05) is 22.7 Å². The molecule has 0 spiro atoms. The minimum atomic E-state index is -4.24. The Morgan fingerprint density at radius 1 is 1.24 bits per heavy atom. The molecular weight excluding hydrogens is 359 g/mol. The lowest BCUT2D eigenvalue weighted by atomic mass is 10.1. The summed E-state index contributed by atoms with van der Waals surface area (Å²) in [5.74, 6) is -0.461. The van der Waals surface area contributed by atoms with Crippen molar-refractivity contribution in [1.29, 1.82) is 0 Å². The van der Waals surface area contributed by atoms with Crippen molar-refractivity contribution in [2.75, 3.05) is 5.75 Å². The summed E-state index contributed by atoms with van der Waals surface area (Å²) in [7, 11) is -4.24. The van der Waals surface area contributed by atoms with Crippen LogP contribution in [0.25, 0.3) is 10.9 Å². The number of aryl methyl sites for hydroxylation is 1. The van der Waals surface area contributed by atoms with Crippen LogP contribution in [-0.4, -0.2) is 23.8 Å². The van der Waals surface area contributed by atoms with Crippen molar-refractivity contribution in [3.05, 3.63) is 36.0 Å². The number of hydrogen-bond donors (Lipinski definition) is 0. The Labute approximate surface area is 137 Å². The van der Waals surface area contributed by atoms with Crippen molar-refractivity contribution >= 4 is 55.8 Å². The Balaban J connectivity index is 2.38. The fraction of sp³-hybridized carbons (Fsp3) is 0.333. The summed E-state index contributed by atoms with van der Waals surface area (Å²) in [6, 6.07) is 7.14. The molecule has 21 heavy (non-hydrogen) atoms. The third kappa shape index (κ3) is 4.66. The van der Waals surface area contributed by atoms with Gasteiger partial charge in [0.05, 0.1) is 15.7 Å². The monoisotopic (exact) mass is 368 g/mol. The standard InChI is InChI=1S/C12H11Cl3N2O3S/c13-12(14,15)10-8-17(6-3-7-21(18,19)20)16-11-5-2-1-4-9(10)11/h1-2,4-5,8H,3,6-7H2. The van der Waals surface area contributed by atoms with E-state index in [1.165, 1.54) is 4.68 Å². The predicted octanol–water partition coefficient (Wildman–Crippen LogP) is 2.28. The second-order valence-electron chi connectivity index (χ2n) is 4.44.